The van der Waals surface area contributed by atoms with Crippen molar-refractivity contribution in [3.05, 3.63) is 42.7 Å². The molecule has 2 aromatic rings. The maximum Gasteiger partial charge on any atom is 0.247 e. The van der Waals surface area contributed by atoms with Crippen LogP contribution >= 0.6 is 0 Å². The first-order chi connectivity index (χ1) is 12.5. The average Bonchev–Trinajstić information content (AvgIpc) is 2.68. The summed E-state index contributed by atoms with van der Waals surface area (Å²) >= 11 is 0. The molecule has 7 nitrogen and oxygen atoms in total. The first-order valence-electron chi connectivity index (χ1n) is 8.70. The van der Waals surface area contributed by atoms with E-state index in [0.29, 0.717) is 31.9 Å². The number of hydrogen-bond donors (Lipinski definition) is 1. The number of ether oxygens (including phenoxy) is 1. The Balaban J connectivity index is 1.81. The summed E-state index contributed by atoms with van der Waals surface area (Å²) in [5, 5.41) is 3.48. The fourth-order valence-electron chi connectivity index (χ4n) is 3.34. The molecule has 0 aliphatic carbocycles. The van der Waals surface area contributed by atoms with Gasteiger partial charge in [-0.2, -0.15) is 0 Å². The summed E-state index contributed by atoms with van der Waals surface area (Å²) in [5.74, 6) is 1.55. The van der Waals surface area contributed by atoms with Crippen LogP contribution in [-0.4, -0.2) is 60.6 Å². The van der Waals surface area contributed by atoms with Crippen molar-refractivity contribution in [1.29, 1.82) is 0 Å². The molecule has 0 saturated carbocycles. The molecule has 1 aliphatic rings. The highest BCUT2D eigenvalue weighted by molar-refractivity contribution is 5.89. The van der Waals surface area contributed by atoms with Gasteiger partial charge in [0.1, 0.15) is 11.3 Å². The summed E-state index contributed by atoms with van der Waals surface area (Å²) in [5.41, 5.74) is 0.227. The van der Waals surface area contributed by atoms with Crippen LogP contribution in [0.2, 0.25) is 0 Å². The van der Waals surface area contributed by atoms with Crippen LogP contribution in [0.3, 0.4) is 0 Å². The van der Waals surface area contributed by atoms with Crippen LogP contribution in [0.5, 0.6) is 5.75 Å². The van der Waals surface area contributed by atoms with Gasteiger partial charge < -0.3 is 19.9 Å². The van der Waals surface area contributed by atoms with E-state index in [2.05, 4.69) is 20.2 Å². The summed E-state index contributed by atoms with van der Waals surface area (Å²) < 4.78 is 5.30. The van der Waals surface area contributed by atoms with Gasteiger partial charge in [0.15, 0.2) is 0 Å². The minimum Gasteiger partial charge on any atom is -0.497 e. The van der Waals surface area contributed by atoms with E-state index in [9.17, 15) is 4.79 Å². The van der Waals surface area contributed by atoms with Crippen molar-refractivity contribution in [2.24, 2.45) is 0 Å². The maximum atomic E-state index is 13.0. The molecule has 0 unspecified atom stereocenters. The summed E-state index contributed by atoms with van der Waals surface area (Å²) in [6.07, 6.45) is 4.81. The van der Waals surface area contributed by atoms with E-state index in [1.807, 2.05) is 24.3 Å². The highest BCUT2D eigenvalue weighted by Gasteiger charge is 2.42. The third kappa shape index (κ3) is 3.71. The van der Waals surface area contributed by atoms with E-state index in [0.717, 1.165) is 11.4 Å². The number of carbonyl (C=O) groups is 1. The lowest BCUT2D eigenvalue weighted by atomic mass is 9.85. The number of amides is 1. The number of rotatable bonds is 5. The van der Waals surface area contributed by atoms with Crippen LogP contribution in [0.15, 0.2) is 42.7 Å². The Morgan fingerprint density at radius 3 is 2.50 bits per heavy atom. The van der Waals surface area contributed by atoms with E-state index < -0.39 is 5.54 Å². The molecule has 1 fully saturated rings. The zero-order valence-corrected chi connectivity index (χ0v) is 15.5. The van der Waals surface area contributed by atoms with Crippen molar-refractivity contribution in [1.82, 2.24) is 14.9 Å². The van der Waals surface area contributed by atoms with Gasteiger partial charge in [0.2, 0.25) is 11.9 Å². The molecular formula is C19H25N5O2. The zero-order chi connectivity index (χ0) is 18.6. The first kappa shape index (κ1) is 18.0. The molecule has 3 rings (SSSR count). The number of nitrogens with one attached hydrogen (secondary N) is 1. The van der Waals surface area contributed by atoms with E-state index in [1.54, 1.807) is 44.6 Å². The molecule has 0 atom stereocenters. The highest BCUT2D eigenvalue weighted by atomic mass is 16.5. The Morgan fingerprint density at radius 2 is 1.88 bits per heavy atom. The van der Waals surface area contributed by atoms with Crippen LogP contribution in [0, 0.1) is 0 Å². The predicted molar refractivity (Wildman–Crippen MR) is 102 cm³/mol. The summed E-state index contributed by atoms with van der Waals surface area (Å²) in [7, 11) is 5.23. The van der Waals surface area contributed by atoms with Crippen LogP contribution < -0.4 is 15.0 Å². The molecule has 0 bridgehead atoms. The Bertz CT molecular complexity index is 743. The topological polar surface area (TPSA) is 70.6 Å². The molecule has 26 heavy (non-hydrogen) atoms. The van der Waals surface area contributed by atoms with E-state index in [-0.39, 0.29) is 5.91 Å². The van der Waals surface area contributed by atoms with Crippen molar-refractivity contribution < 1.29 is 9.53 Å². The molecule has 1 amide bonds. The Morgan fingerprint density at radius 1 is 1.19 bits per heavy atom. The summed E-state index contributed by atoms with van der Waals surface area (Å²) in [6.45, 7) is 1.42. The van der Waals surface area contributed by atoms with Crippen molar-refractivity contribution in [3.63, 3.8) is 0 Å². The van der Waals surface area contributed by atoms with Crippen LogP contribution in [0.1, 0.15) is 12.8 Å². The highest BCUT2D eigenvalue weighted by Crippen LogP contribution is 2.31. The van der Waals surface area contributed by atoms with Crippen LogP contribution in [0.25, 0.3) is 0 Å². The minimum atomic E-state index is -0.652. The van der Waals surface area contributed by atoms with Gasteiger partial charge in [-0.25, -0.2) is 9.97 Å². The molecule has 1 aromatic heterocycles. The molecule has 1 N–H and O–H groups in total. The average molecular weight is 355 g/mol. The molecule has 1 aromatic carbocycles. The largest absolute Gasteiger partial charge is 0.497 e. The van der Waals surface area contributed by atoms with Gasteiger partial charge in [0, 0.05) is 51.3 Å². The van der Waals surface area contributed by atoms with Crippen molar-refractivity contribution >= 4 is 17.5 Å². The predicted octanol–water partition coefficient (Wildman–Crippen LogP) is 2.02. The number of likely N-dealkylation sites (N-methyl/N-ethyl adjacent to an activating group) is 1. The van der Waals surface area contributed by atoms with Gasteiger partial charge in [-0.3, -0.25) is 4.79 Å². The quantitative estimate of drug-likeness (QED) is 0.885. The summed E-state index contributed by atoms with van der Waals surface area (Å²) in [4.78, 5) is 25.4. The third-order valence-corrected chi connectivity index (χ3v) is 4.72. The molecule has 0 radical (unpaired) electrons. The lowest BCUT2D eigenvalue weighted by molar-refractivity contribution is -0.134. The third-order valence-electron chi connectivity index (χ3n) is 4.72. The second-order valence-electron chi connectivity index (χ2n) is 6.67. The van der Waals surface area contributed by atoms with Crippen LogP contribution in [-0.2, 0) is 4.79 Å². The van der Waals surface area contributed by atoms with Gasteiger partial charge >= 0.3 is 0 Å². The van der Waals surface area contributed by atoms with Gasteiger partial charge in [-0.05, 0) is 31.0 Å². The first-order valence-corrected chi connectivity index (χ1v) is 8.70. The second-order valence-corrected chi connectivity index (χ2v) is 6.67. The number of nitrogens with zero attached hydrogens (tertiary/aromatic N) is 4. The summed E-state index contributed by atoms with van der Waals surface area (Å²) in [6, 6.07) is 9.48. The lowest BCUT2D eigenvalue weighted by Gasteiger charge is -2.43. The number of anilines is 2. The van der Waals surface area contributed by atoms with Crippen molar-refractivity contribution in [3.8, 4) is 5.75 Å². The lowest BCUT2D eigenvalue weighted by Crippen LogP contribution is -2.58. The Kier molecular flexibility index (Phi) is 5.25. The monoisotopic (exact) mass is 355 g/mol. The van der Waals surface area contributed by atoms with E-state index in [1.165, 1.54) is 0 Å². The normalized spacial score (nSPS) is 16.0. The Hall–Kier alpha value is -2.83. The number of benzene rings is 1. The van der Waals surface area contributed by atoms with E-state index in [4.69, 9.17) is 4.74 Å². The van der Waals surface area contributed by atoms with Gasteiger partial charge in [-0.15, -0.1) is 0 Å². The molecule has 2 heterocycles. The molecule has 1 aliphatic heterocycles. The fraction of sp³-hybridized carbons (Fsp3) is 0.421. The smallest absolute Gasteiger partial charge is 0.247 e. The number of hydrogen-bond acceptors (Lipinski definition) is 6. The van der Waals surface area contributed by atoms with E-state index >= 15 is 0 Å². The molecule has 0 spiro atoms. The Labute approximate surface area is 154 Å². The number of aromatic nitrogens is 2. The maximum absolute atomic E-state index is 13.0. The molecule has 1 saturated heterocycles. The molecular weight excluding hydrogens is 330 g/mol. The van der Waals surface area contributed by atoms with Gasteiger partial charge in [-0.1, -0.05) is 6.07 Å². The molecule has 138 valence electrons. The SMILES string of the molecule is COc1cccc(NC2(C(=O)N(C)C)CCN(c3ncccn3)CC2)c1. The number of carbonyl (C=O) groups excluding carboxylic acids is 1. The van der Waals surface area contributed by atoms with Gasteiger partial charge in [0.05, 0.1) is 7.11 Å². The fourth-order valence-corrected chi connectivity index (χ4v) is 3.34. The van der Waals surface area contributed by atoms with Crippen LogP contribution in [0.4, 0.5) is 11.6 Å². The van der Waals surface area contributed by atoms with Gasteiger partial charge in [0.25, 0.3) is 0 Å². The minimum absolute atomic E-state index is 0.0777. The number of piperidine rings is 1. The van der Waals surface area contributed by atoms with Crippen molar-refractivity contribution in [2.45, 2.75) is 18.4 Å². The molecule has 7 heteroatoms. The van der Waals surface area contributed by atoms with Crippen molar-refractivity contribution in [2.75, 3.05) is 44.5 Å². The second kappa shape index (κ2) is 7.59. The standard InChI is InChI=1S/C19H25N5O2/c1-23(2)17(25)19(22-15-6-4-7-16(14-15)26-3)8-12-24(13-9-19)18-20-10-5-11-21-18/h4-7,10-11,14,22H,8-9,12-13H2,1-3H3. The number of methoxy groups -OCH3 is 1. The zero-order valence-electron chi connectivity index (χ0n) is 15.5.